The number of ether oxygens (including phenoxy) is 1. The van der Waals surface area contributed by atoms with Crippen LogP contribution < -0.4 is 10.5 Å². The van der Waals surface area contributed by atoms with Gasteiger partial charge in [-0.2, -0.15) is 0 Å². The highest BCUT2D eigenvalue weighted by Gasteiger charge is 2.24. The average Bonchev–Trinajstić information content (AvgIpc) is 2.53. The Morgan fingerprint density at radius 1 is 1.19 bits per heavy atom. The van der Waals surface area contributed by atoms with Gasteiger partial charge in [-0.3, -0.25) is 0 Å². The molecular weight excluding hydrogens is 260 g/mol. The Labute approximate surface area is 129 Å². The lowest BCUT2D eigenvalue weighted by atomic mass is 9.90. The monoisotopic (exact) mass is 290 g/mol. The summed E-state index contributed by atoms with van der Waals surface area (Å²) in [4.78, 5) is 2.56. The maximum absolute atomic E-state index is 6.00. The second-order valence-electron chi connectivity index (χ2n) is 6.47. The third kappa shape index (κ3) is 4.72. The van der Waals surface area contributed by atoms with Gasteiger partial charge in [-0.05, 0) is 70.2 Å². The predicted molar refractivity (Wildman–Crippen MR) is 88.8 cm³/mol. The average molecular weight is 290 g/mol. The Hall–Kier alpha value is -1.06. The molecule has 1 aliphatic rings. The molecule has 1 saturated carbocycles. The van der Waals surface area contributed by atoms with Crippen molar-refractivity contribution < 1.29 is 4.74 Å². The molecule has 1 aromatic carbocycles. The zero-order chi connectivity index (χ0) is 15.2. The van der Waals surface area contributed by atoms with E-state index in [0.717, 1.165) is 18.2 Å². The van der Waals surface area contributed by atoms with Crippen molar-refractivity contribution in [1.82, 2.24) is 4.90 Å². The number of hydrogen-bond donors (Lipinski definition) is 1. The van der Waals surface area contributed by atoms with Gasteiger partial charge >= 0.3 is 0 Å². The lowest BCUT2D eigenvalue weighted by Gasteiger charge is -2.37. The fraction of sp³-hybridized carbons (Fsp3) is 0.667. The molecule has 0 aliphatic heterocycles. The van der Waals surface area contributed by atoms with E-state index in [2.05, 4.69) is 31.0 Å². The Bertz CT molecular complexity index is 410. The summed E-state index contributed by atoms with van der Waals surface area (Å²) in [7, 11) is 3.99. The molecule has 118 valence electrons. The maximum atomic E-state index is 6.00. The minimum atomic E-state index is 0.434. The summed E-state index contributed by atoms with van der Waals surface area (Å²) in [5.74, 6) is 0.933. The molecule has 2 N–H and O–H groups in total. The summed E-state index contributed by atoms with van der Waals surface area (Å²) in [6, 6.07) is 10.2. The first kappa shape index (κ1) is 16.3. The molecule has 1 fully saturated rings. The molecule has 1 aromatic rings. The van der Waals surface area contributed by atoms with Crippen molar-refractivity contribution in [3.05, 3.63) is 29.8 Å². The Morgan fingerprint density at radius 2 is 1.81 bits per heavy atom. The zero-order valence-corrected chi connectivity index (χ0v) is 13.7. The smallest absolute Gasteiger partial charge is 0.118 e. The molecular formula is C18H30N2O. The van der Waals surface area contributed by atoms with Crippen molar-refractivity contribution in [2.75, 3.05) is 14.2 Å². The molecule has 0 aromatic heterocycles. The van der Waals surface area contributed by atoms with E-state index in [1.807, 2.05) is 12.1 Å². The Kier molecular flexibility index (Phi) is 6.07. The first-order chi connectivity index (χ1) is 10.1. The Balaban J connectivity index is 1.78. The summed E-state index contributed by atoms with van der Waals surface area (Å²) >= 11 is 0. The van der Waals surface area contributed by atoms with Crippen LogP contribution in [0.3, 0.4) is 0 Å². The van der Waals surface area contributed by atoms with Gasteiger partial charge in [-0.15, -0.1) is 0 Å². The van der Waals surface area contributed by atoms with Gasteiger partial charge in [-0.1, -0.05) is 12.1 Å². The van der Waals surface area contributed by atoms with Crippen LogP contribution in [-0.2, 0) is 6.42 Å². The van der Waals surface area contributed by atoms with Crippen molar-refractivity contribution >= 4 is 0 Å². The van der Waals surface area contributed by atoms with E-state index < -0.39 is 0 Å². The van der Waals surface area contributed by atoms with Crippen LogP contribution in [-0.4, -0.2) is 37.2 Å². The summed E-state index contributed by atoms with van der Waals surface area (Å²) < 4.78 is 5.20. The summed E-state index contributed by atoms with van der Waals surface area (Å²) in [6.07, 6.45) is 7.20. The molecule has 1 atom stereocenters. The van der Waals surface area contributed by atoms with Crippen molar-refractivity contribution in [2.24, 2.45) is 5.73 Å². The van der Waals surface area contributed by atoms with Gasteiger partial charge in [0.05, 0.1) is 7.11 Å². The maximum Gasteiger partial charge on any atom is 0.118 e. The number of nitrogens with two attached hydrogens (primary N) is 1. The lowest BCUT2D eigenvalue weighted by molar-refractivity contribution is 0.135. The highest BCUT2D eigenvalue weighted by Crippen LogP contribution is 2.24. The van der Waals surface area contributed by atoms with Crippen molar-refractivity contribution in [2.45, 2.75) is 63.6 Å². The van der Waals surface area contributed by atoms with Crippen LogP contribution in [0, 0.1) is 0 Å². The summed E-state index contributed by atoms with van der Waals surface area (Å²) in [5, 5.41) is 0. The van der Waals surface area contributed by atoms with Gasteiger partial charge in [0.25, 0.3) is 0 Å². The largest absolute Gasteiger partial charge is 0.497 e. The van der Waals surface area contributed by atoms with Gasteiger partial charge in [0.15, 0.2) is 0 Å². The molecule has 0 saturated heterocycles. The predicted octanol–water partition coefficient (Wildman–Crippen LogP) is 3.22. The van der Waals surface area contributed by atoms with Crippen LogP contribution in [0.25, 0.3) is 0 Å². The van der Waals surface area contributed by atoms with E-state index in [4.69, 9.17) is 10.5 Å². The highest BCUT2D eigenvalue weighted by atomic mass is 16.5. The molecule has 21 heavy (non-hydrogen) atoms. The fourth-order valence-corrected chi connectivity index (χ4v) is 3.24. The number of aryl methyl sites for hydroxylation is 1. The standard InChI is InChI=1S/C18H30N2O/c1-14(20(2)17-10-8-16(19)9-11-17)4-5-15-6-12-18(21-3)13-7-15/h6-7,12-14,16-17H,4-5,8-11,19H2,1-3H3. The number of benzene rings is 1. The molecule has 0 radical (unpaired) electrons. The van der Waals surface area contributed by atoms with Gasteiger partial charge in [0, 0.05) is 18.1 Å². The van der Waals surface area contributed by atoms with Crippen LogP contribution in [0.2, 0.25) is 0 Å². The number of hydrogen-bond acceptors (Lipinski definition) is 3. The van der Waals surface area contributed by atoms with Crippen LogP contribution in [0.15, 0.2) is 24.3 Å². The molecule has 0 bridgehead atoms. The molecule has 1 unspecified atom stereocenters. The quantitative estimate of drug-likeness (QED) is 0.874. The summed E-state index contributed by atoms with van der Waals surface area (Å²) in [6.45, 7) is 2.35. The topological polar surface area (TPSA) is 38.5 Å². The highest BCUT2D eigenvalue weighted by molar-refractivity contribution is 5.27. The van der Waals surface area contributed by atoms with Gasteiger partial charge in [-0.25, -0.2) is 0 Å². The van der Waals surface area contributed by atoms with E-state index in [9.17, 15) is 0 Å². The van der Waals surface area contributed by atoms with E-state index in [1.54, 1.807) is 7.11 Å². The molecule has 0 heterocycles. The normalized spacial score (nSPS) is 24.0. The van der Waals surface area contributed by atoms with Gasteiger partial charge in [0.1, 0.15) is 5.75 Å². The van der Waals surface area contributed by atoms with Crippen LogP contribution in [0.4, 0.5) is 0 Å². The fourth-order valence-electron chi connectivity index (χ4n) is 3.24. The molecule has 0 spiro atoms. The van der Waals surface area contributed by atoms with E-state index in [1.165, 1.54) is 37.7 Å². The van der Waals surface area contributed by atoms with Gasteiger partial charge < -0.3 is 15.4 Å². The van der Waals surface area contributed by atoms with Crippen LogP contribution in [0.5, 0.6) is 5.75 Å². The van der Waals surface area contributed by atoms with Gasteiger partial charge in [0.2, 0.25) is 0 Å². The summed E-state index contributed by atoms with van der Waals surface area (Å²) in [5.41, 5.74) is 7.39. The Morgan fingerprint density at radius 3 is 2.38 bits per heavy atom. The first-order valence-corrected chi connectivity index (χ1v) is 8.20. The number of methoxy groups -OCH3 is 1. The first-order valence-electron chi connectivity index (χ1n) is 8.20. The number of rotatable bonds is 6. The second kappa shape index (κ2) is 7.81. The van der Waals surface area contributed by atoms with Crippen molar-refractivity contribution in [1.29, 1.82) is 0 Å². The number of nitrogens with zero attached hydrogens (tertiary/aromatic N) is 1. The molecule has 0 amide bonds. The van der Waals surface area contributed by atoms with Crippen LogP contribution in [0.1, 0.15) is 44.6 Å². The van der Waals surface area contributed by atoms with Crippen molar-refractivity contribution in [3.8, 4) is 5.75 Å². The lowest BCUT2D eigenvalue weighted by Crippen LogP contribution is -2.43. The SMILES string of the molecule is COc1ccc(CCC(C)N(C)C2CCC(N)CC2)cc1. The minimum absolute atomic E-state index is 0.434. The molecule has 1 aliphatic carbocycles. The molecule has 2 rings (SSSR count). The van der Waals surface area contributed by atoms with E-state index in [-0.39, 0.29) is 0 Å². The third-order valence-corrected chi connectivity index (χ3v) is 5.02. The molecule has 3 heteroatoms. The van der Waals surface area contributed by atoms with E-state index in [0.29, 0.717) is 12.1 Å². The third-order valence-electron chi connectivity index (χ3n) is 5.02. The van der Waals surface area contributed by atoms with E-state index >= 15 is 0 Å². The van der Waals surface area contributed by atoms with Crippen LogP contribution >= 0.6 is 0 Å². The zero-order valence-electron chi connectivity index (χ0n) is 13.7. The van der Waals surface area contributed by atoms with Crippen molar-refractivity contribution in [3.63, 3.8) is 0 Å². The minimum Gasteiger partial charge on any atom is -0.497 e. The molecule has 3 nitrogen and oxygen atoms in total. The second-order valence-corrected chi connectivity index (χ2v) is 6.47.